The first kappa shape index (κ1) is 8.76. The lowest BCUT2D eigenvalue weighted by Crippen LogP contribution is -2.09. The van der Waals surface area contributed by atoms with E-state index in [2.05, 4.69) is 50.4 Å². The van der Waals surface area contributed by atoms with Crippen molar-refractivity contribution in [3.63, 3.8) is 0 Å². The summed E-state index contributed by atoms with van der Waals surface area (Å²) < 4.78 is 0. The highest BCUT2D eigenvalue weighted by atomic mass is 32.1. The van der Waals surface area contributed by atoms with E-state index in [1.807, 2.05) is 11.3 Å². The zero-order chi connectivity index (χ0) is 9.47. The predicted molar refractivity (Wildman–Crippen MR) is 59.6 cm³/mol. The highest BCUT2D eigenvalue weighted by Gasteiger charge is 2.15. The highest BCUT2D eigenvalue weighted by Crippen LogP contribution is 2.33. The van der Waals surface area contributed by atoms with E-state index in [4.69, 9.17) is 0 Å². The summed E-state index contributed by atoms with van der Waals surface area (Å²) in [5.74, 6) is 0. The molecule has 2 aliphatic rings. The topological polar surface area (TPSA) is 0 Å². The molecule has 0 unspecified atom stereocenters. The summed E-state index contributed by atoms with van der Waals surface area (Å²) in [5.41, 5.74) is 3.00. The van der Waals surface area contributed by atoms with Gasteiger partial charge in [0.1, 0.15) is 0 Å². The van der Waals surface area contributed by atoms with Gasteiger partial charge in [-0.05, 0) is 28.0 Å². The fraction of sp³-hybridized carbons (Fsp3) is 0.333. The molecule has 1 heteroatoms. The Hall–Kier alpha value is -0.820. The lowest BCUT2D eigenvalue weighted by molar-refractivity contribution is 0.603. The second kappa shape index (κ2) is 2.85. The van der Waals surface area contributed by atoms with Crippen molar-refractivity contribution in [2.45, 2.75) is 26.2 Å². The van der Waals surface area contributed by atoms with Crippen LogP contribution in [0.5, 0.6) is 0 Å². The van der Waals surface area contributed by atoms with Crippen molar-refractivity contribution in [2.75, 3.05) is 0 Å². The van der Waals surface area contributed by atoms with Gasteiger partial charge in [-0.15, -0.1) is 11.3 Å². The van der Waals surface area contributed by atoms with E-state index in [1.54, 1.807) is 0 Å². The summed E-state index contributed by atoms with van der Waals surface area (Å²) >= 11 is 1.85. The second-order valence-electron chi connectivity index (χ2n) is 4.43. The van der Waals surface area contributed by atoms with Gasteiger partial charge in [0.25, 0.3) is 0 Å². The highest BCUT2D eigenvalue weighted by molar-refractivity contribution is 7.10. The van der Waals surface area contributed by atoms with Crippen molar-refractivity contribution >= 4 is 11.3 Å². The first-order chi connectivity index (χ1) is 6.07. The van der Waals surface area contributed by atoms with Crippen LogP contribution in [0.25, 0.3) is 11.1 Å². The van der Waals surface area contributed by atoms with Crippen molar-refractivity contribution in [2.24, 2.45) is 0 Å². The number of hydrogen-bond acceptors (Lipinski definition) is 1. The molecule has 0 aromatic carbocycles. The molecule has 0 atom stereocenters. The van der Waals surface area contributed by atoms with Crippen molar-refractivity contribution in [1.82, 2.24) is 0 Å². The molecule has 2 rings (SSSR count). The van der Waals surface area contributed by atoms with Crippen LogP contribution in [-0.2, 0) is 5.41 Å². The SMILES string of the molecule is CC(C)(C)c1cc2cccc-2cs1. The van der Waals surface area contributed by atoms with E-state index in [0.717, 1.165) is 0 Å². The first-order valence-electron chi connectivity index (χ1n) is 4.55. The Morgan fingerprint density at radius 3 is 2.46 bits per heavy atom. The molecule has 0 aromatic rings. The Labute approximate surface area is 83.6 Å². The van der Waals surface area contributed by atoms with E-state index in [9.17, 15) is 0 Å². The van der Waals surface area contributed by atoms with Crippen molar-refractivity contribution in [1.29, 1.82) is 0 Å². The molecule has 0 bridgehead atoms. The normalized spacial score (nSPS) is 12.2. The van der Waals surface area contributed by atoms with E-state index >= 15 is 0 Å². The van der Waals surface area contributed by atoms with Gasteiger partial charge >= 0.3 is 0 Å². The summed E-state index contributed by atoms with van der Waals surface area (Å²) in [6, 6.07) is 8.76. The summed E-state index contributed by atoms with van der Waals surface area (Å²) in [7, 11) is 0. The van der Waals surface area contributed by atoms with E-state index in [0.29, 0.717) is 0 Å². The molecule has 0 saturated heterocycles. The van der Waals surface area contributed by atoms with Gasteiger partial charge in [0.05, 0.1) is 0 Å². The summed E-state index contributed by atoms with van der Waals surface area (Å²) in [6.45, 7) is 6.77. The molecule has 1 heterocycles. The van der Waals surface area contributed by atoms with E-state index in [-0.39, 0.29) is 5.41 Å². The van der Waals surface area contributed by atoms with Crippen LogP contribution >= 0.6 is 11.3 Å². The Kier molecular flexibility index (Phi) is 1.92. The third-order valence-corrected chi connectivity index (χ3v) is 3.58. The lowest BCUT2D eigenvalue weighted by atomic mass is 9.93. The first-order valence-corrected chi connectivity index (χ1v) is 5.43. The molecule has 1 aliphatic carbocycles. The molecular formula is C12H14S. The largest absolute Gasteiger partial charge is 0.148 e. The molecule has 0 spiro atoms. The lowest BCUT2D eigenvalue weighted by Gasteiger charge is -2.18. The Morgan fingerprint density at radius 1 is 1.08 bits per heavy atom. The minimum Gasteiger partial charge on any atom is -0.148 e. The average Bonchev–Trinajstić information content (AvgIpc) is 2.47. The van der Waals surface area contributed by atoms with Gasteiger partial charge in [0, 0.05) is 4.88 Å². The van der Waals surface area contributed by atoms with Crippen LogP contribution in [0, 0.1) is 0 Å². The molecule has 13 heavy (non-hydrogen) atoms. The Morgan fingerprint density at radius 2 is 1.77 bits per heavy atom. The van der Waals surface area contributed by atoms with Crippen LogP contribution in [0.3, 0.4) is 0 Å². The predicted octanol–water partition coefficient (Wildman–Crippen LogP) is 4.15. The maximum Gasteiger partial charge on any atom is 0.0105 e. The van der Waals surface area contributed by atoms with Crippen molar-refractivity contribution in [3.05, 3.63) is 34.5 Å². The zero-order valence-electron chi connectivity index (χ0n) is 8.29. The maximum atomic E-state index is 2.31. The van der Waals surface area contributed by atoms with Crippen LogP contribution < -0.4 is 0 Å². The molecule has 68 valence electrons. The quantitative estimate of drug-likeness (QED) is 0.585. The molecular weight excluding hydrogens is 176 g/mol. The summed E-state index contributed by atoms with van der Waals surface area (Å²) in [5, 5.41) is 2.25. The van der Waals surface area contributed by atoms with Crippen molar-refractivity contribution < 1.29 is 0 Å². The monoisotopic (exact) mass is 190 g/mol. The smallest absolute Gasteiger partial charge is 0.0105 e. The Balaban J connectivity index is 2.56. The molecule has 0 saturated carbocycles. The van der Waals surface area contributed by atoms with Gasteiger partial charge < -0.3 is 0 Å². The minimum atomic E-state index is 0.274. The maximum absolute atomic E-state index is 2.31. The molecule has 0 N–H and O–H groups in total. The fourth-order valence-corrected chi connectivity index (χ4v) is 2.40. The van der Waals surface area contributed by atoms with Gasteiger partial charge in [-0.3, -0.25) is 0 Å². The van der Waals surface area contributed by atoms with Crippen LogP contribution in [0.15, 0.2) is 29.6 Å². The minimum absolute atomic E-state index is 0.274. The van der Waals surface area contributed by atoms with Gasteiger partial charge in [-0.2, -0.15) is 0 Å². The molecule has 0 radical (unpaired) electrons. The summed E-state index contributed by atoms with van der Waals surface area (Å²) in [4.78, 5) is 1.45. The Bertz CT molecular complexity index is 379. The van der Waals surface area contributed by atoms with Gasteiger partial charge in [-0.25, -0.2) is 0 Å². The van der Waals surface area contributed by atoms with E-state index in [1.165, 1.54) is 16.0 Å². The van der Waals surface area contributed by atoms with E-state index < -0.39 is 0 Å². The molecule has 0 aromatic heterocycles. The van der Waals surface area contributed by atoms with Crippen LogP contribution in [0.2, 0.25) is 0 Å². The second-order valence-corrected chi connectivity index (χ2v) is 5.34. The molecule has 0 amide bonds. The van der Waals surface area contributed by atoms with Crippen LogP contribution in [0.1, 0.15) is 25.6 Å². The number of fused-ring (bicyclic) bond motifs is 1. The summed E-state index contributed by atoms with van der Waals surface area (Å²) in [6.07, 6.45) is 0. The van der Waals surface area contributed by atoms with Gasteiger partial charge in [0.15, 0.2) is 0 Å². The van der Waals surface area contributed by atoms with Gasteiger partial charge in [0.2, 0.25) is 0 Å². The van der Waals surface area contributed by atoms with Crippen LogP contribution in [0.4, 0.5) is 0 Å². The molecule has 0 nitrogen and oxygen atoms in total. The number of rotatable bonds is 0. The van der Waals surface area contributed by atoms with Crippen molar-refractivity contribution in [3.8, 4) is 11.1 Å². The molecule has 1 aliphatic heterocycles. The average molecular weight is 190 g/mol. The standard InChI is InChI=1S/C12H14S/c1-12(2,3)11-7-9-5-4-6-10(9)8-13-11/h4-8H,1-3H3. The van der Waals surface area contributed by atoms with Gasteiger partial charge in [-0.1, -0.05) is 39.0 Å². The third-order valence-electron chi connectivity index (χ3n) is 2.22. The van der Waals surface area contributed by atoms with Crippen LogP contribution in [-0.4, -0.2) is 0 Å². The fourth-order valence-electron chi connectivity index (χ4n) is 1.38. The third kappa shape index (κ3) is 1.61. The zero-order valence-corrected chi connectivity index (χ0v) is 9.11. The molecule has 0 fully saturated rings. The number of hydrogen-bond donors (Lipinski definition) is 0.